The summed E-state index contributed by atoms with van der Waals surface area (Å²) in [6.45, 7) is 7.79. The summed E-state index contributed by atoms with van der Waals surface area (Å²) < 4.78 is 5.44. The lowest BCUT2D eigenvalue weighted by Crippen LogP contribution is -2.46. The summed E-state index contributed by atoms with van der Waals surface area (Å²) in [6, 6.07) is 2.29. The Morgan fingerprint density at radius 3 is 3.06 bits per heavy atom. The van der Waals surface area contributed by atoms with Crippen LogP contribution in [-0.4, -0.2) is 42.3 Å². The zero-order valence-corrected chi connectivity index (χ0v) is 11.2. The molecule has 1 fully saturated rings. The molecule has 5 nitrogen and oxygen atoms in total. The Bertz CT molecular complexity index is 366. The summed E-state index contributed by atoms with van der Waals surface area (Å²) in [4.78, 5) is 11.1. The largest absolute Gasteiger partial charge is 0.478 e. The summed E-state index contributed by atoms with van der Waals surface area (Å²) in [6.07, 6.45) is 4.18. The number of piperidine rings is 1. The van der Waals surface area contributed by atoms with Gasteiger partial charge in [-0.2, -0.15) is 4.98 Å². The van der Waals surface area contributed by atoms with Gasteiger partial charge in [-0.05, 0) is 33.2 Å². The van der Waals surface area contributed by atoms with Crippen LogP contribution in [-0.2, 0) is 0 Å². The molecule has 2 rings (SSSR count). The highest BCUT2D eigenvalue weighted by molar-refractivity contribution is 5.33. The van der Waals surface area contributed by atoms with Crippen LogP contribution < -0.4 is 15.0 Å². The molecule has 2 heterocycles. The van der Waals surface area contributed by atoms with Crippen LogP contribution in [0, 0.1) is 0 Å². The highest BCUT2D eigenvalue weighted by atomic mass is 16.5. The number of likely N-dealkylation sites (N-methyl/N-ethyl adjacent to an activating group) is 1. The molecule has 1 atom stereocenters. The van der Waals surface area contributed by atoms with E-state index in [4.69, 9.17) is 4.74 Å². The van der Waals surface area contributed by atoms with Crippen molar-refractivity contribution in [2.24, 2.45) is 0 Å². The molecular weight excluding hydrogens is 228 g/mol. The fourth-order valence-electron chi connectivity index (χ4n) is 2.36. The van der Waals surface area contributed by atoms with E-state index in [-0.39, 0.29) is 0 Å². The third-order valence-corrected chi connectivity index (χ3v) is 3.22. The third-order valence-electron chi connectivity index (χ3n) is 3.22. The molecule has 1 saturated heterocycles. The number of rotatable bonds is 5. The first kappa shape index (κ1) is 13.1. The third kappa shape index (κ3) is 3.10. The van der Waals surface area contributed by atoms with Gasteiger partial charge >= 0.3 is 0 Å². The maximum Gasteiger partial charge on any atom is 0.228 e. The highest BCUT2D eigenvalue weighted by Gasteiger charge is 2.22. The van der Waals surface area contributed by atoms with Gasteiger partial charge < -0.3 is 15.0 Å². The molecular formula is C13H22N4O. The average molecular weight is 250 g/mol. The average Bonchev–Trinajstić information content (AvgIpc) is 2.42. The lowest BCUT2D eigenvalue weighted by molar-refractivity contribution is 0.325. The fourth-order valence-corrected chi connectivity index (χ4v) is 2.36. The highest BCUT2D eigenvalue weighted by Crippen LogP contribution is 2.18. The summed E-state index contributed by atoms with van der Waals surface area (Å²) in [5, 5.41) is 3.43. The maximum absolute atomic E-state index is 5.44. The number of ether oxygens (including phenoxy) is 1. The van der Waals surface area contributed by atoms with E-state index in [1.165, 1.54) is 12.8 Å². The molecule has 0 aliphatic carbocycles. The second-order valence-corrected chi connectivity index (χ2v) is 4.41. The molecule has 0 saturated carbocycles. The molecule has 1 unspecified atom stereocenters. The zero-order valence-electron chi connectivity index (χ0n) is 11.2. The molecule has 5 heteroatoms. The van der Waals surface area contributed by atoms with E-state index >= 15 is 0 Å². The second kappa shape index (κ2) is 6.54. The van der Waals surface area contributed by atoms with E-state index in [1.807, 2.05) is 6.92 Å². The molecule has 0 bridgehead atoms. The van der Waals surface area contributed by atoms with Crippen LogP contribution in [0.1, 0.15) is 26.7 Å². The summed E-state index contributed by atoms with van der Waals surface area (Å²) in [5.41, 5.74) is 0. The zero-order chi connectivity index (χ0) is 12.8. The van der Waals surface area contributed by atoms with Gasteiger partial charge in [0.15, 0.2) is 0 Å². The smallest absolute Gasteiger partial charge is 0.228 e. The van der Waals surface area contributed by atoms with Crippen LogP contribution in [0.2, 0.25) is 0 Å². The van der Waals surface area contributed by atoms with Gasteiger partial charge in [-0.25, -0.2) is 4.98 Å². The minimum absolute atomic E-state index is 0.487. The van der Waals surface area contributed by atoms with Gasteiger partial charge in [-0.3, -0.25) is 0 Å². The summed E-state index contributed by atoms with van der Waals surface area (Å²) in [5.74, 6) is 1.43. The predicted molar refractivity (Wildman–Crippen MR) is 72.1 cm³/mol. The monoisotopic (exact) mass is 250 g/mol. The second-order valence-electron chi connectivity index (χ2n) is 4.41. The lowest BCUT2D eigenvalue weighted by Gasteiger charge is -2.33. The van der Waals surface area contributed by atoms with Gasteiger partial charge in [0.05, 0.1) is 6.61 Å². The van der Waals surface area contributed by atoms with Crippen molar-refractivity contribution in [1.82, 2.24) is 15.3 Å². The Morgan fingerprint density at radius 1 is 1.50 bits per heavy atom. The molecule has 0 aromatic carbocycles. The lowest BCUT2D eigenvalue weighted by atomic mass is 10.1. The van der Waals surface area contributed by atoms with E-state index in [9.17, 15) is 0 Å². The van der Waals surface area contributed by atoms with E-state index < -0.39 is 0 Å². The Morgan fingerprint density at radius 2 is 2.39 bits per heavy atom. The van der Waals surface area contributed by atoms with Crippen molar-refractivity contribution in [1.29, 1.82) is 0 Å². The number of nitrogens with one attached hydrogen (secondary N) is 1. The Hall–Kier alpha value is -1.36. The number of nitrogens with zero attached hydrogens (tertiary/aromatic N) is 3. The van der Waals surface area contributed by atoms with Gasteiger partial charge in [0.1, 0.15) is 0 Å². The molecule has 1 aliphatic heterocycles. The Kier molecular flexibility index (Phi) is 4.75. The minimum atomic E-state index is 0.487. The minimum Gasteiger partial charge on any atom is -0.478 e. The number of hydrogen-bond acceptors (Lipinski definition) is 5. The normalized spacial score (nSPS) is 19.6. The Labute approximate surface area is 109 Å². The van der Waals surface area contributed by atoms with E-state index in [2.05, 4.69) is 27.1 Å². The van der Waals surface area contributed by atoms with E-state index in [0.29, 0.717) is 18.5 Å². The topological polar surface area (TPSA) is 50.3 Å². The number of hydrogen-bond donors (Lipinski definition) is 1. The quantitative estimate of drug-likeness (QED) is 0.857. The molecule has 0 spiro atoms. The maximum atomic E-state index is 5.44. The Balaban J connectivity index is 2.12. The molecule has 1 aromatic rings. The van der Waals surface area contributed by atoms with Gasteiger partial charge in [-0.1, -0.05) is 0 Å². The first-order valence-electron chi connectivity index (χ1n) is 6.78. The van der Waals surface area contributed by atoms with E-state index in [1.54, 1.807) is 12.3 Å². The first-order chi connectivity index (χ1) is 8.85. The van der Waals surface area contributed by atoms with Crippen molar-refractivity contribution >= 4 is 5.95 Å². The van der Waals surface area contributed by atoms with Crippen molar-refractivity contribution in [2.75, 3.05) is 31.1 Å². The molecule has 18 heavy (non-hydrogen) atoms. The molecule has 100 valence electrons. The first-order valence-corrected chi connectivity index (χ1v) is 6.78. The van der Waals surface area contributed by atoms with Crippen molar-refractivity contribution in [3.63, 3.8) is 0 Å². The van der Waals surface area contributed by atoms with Crippen molar-refractivity contribution in [2.45, 2.75) is 32.7 Å². The molecule has 1 aliphatic rings. The molecule has 1 aromatic heterocycles. The van der Waals surface area contributed by atoms with Gasteiger partial charge in [-0.15, -0.1) is 0 Å². The van der Waals surface area contributed by atoms with Crippen LogP contribution in [0.25, 0.3) is 0 Å². The number of aromatic nitrogens is 2. The SMILES string of the molecule is CCOc1ccnc(N(CC)C2CCCNC2)n1. The van der Waals surface area contributed by atoms with Crippen LogP contribution in [0.4, 0.5) is 5.95 Å². The van der Waals surface area contributed by atoms with Crippen molar-refractivity contribution in [3.05, 3.63) is 12.3 Å². The molecule has 0 amide bonds. The summed E-state index contributed by atoms with van der Waals surface area (Å²) >= 11 is 0. The standard InChI is InChI=1S/C13H22N4O/c1-3-17(11-6-5-8-14-10-11)13-15-9-7-12(16-13)18-4-2/h7,9,11,14H,3-6,8,10H2,1-2H3. The molecule has 0 radical (unpaired) electrons. The van der Waals surface area contributed by atoms with Crippen LogP contribution in [0.15, 0.2) is 12.3 Å². The van der Waals surface area contributed by atoms with Gasteiger partial charge in [0, 0.05) is 31.4 Å². The van der Waals surface area contributed by atoms with Crippen LogP contribution >= 0.6 is 0 Å². The predicted octanol–water partition coefficient (Wildman–Crippen LogP) is 1.45. The van der Waals surface area contributed by atoms with Gasteiger partial charge in [0.25, 0.3) is 0 Å². The van der Waals surface area contributed by atoms with Crippen LogP contribution in [0.5, 0.6) is 5.88 Å². The fraction of sp³-hybridized carbons (Fsp3) is 0.692. The van der Waals surface area contributed by atoms with Crippen LogP contribution in [0.3, 0.4) is 0 Å². The summed E-state index contributed by atoms with van der Waals surface area (Å²) in [7, 11) is 0. The van der Waals surface area contributed by atoms with Crippen molar-refractivity contribution in [3.8, 4) is 5.88 Å². The van der Waals surface area contributed by atoms with E-state index in [0.717, 1.165) is 25.6 Å². The molecule has 1 N–H and O–H groups in total. The van der Waals surface area contributed by atoms with Crippen molar-refractivity contribution < 1.29 is 4.74 Å². The van der Waals surface area contributed by atoms with Gasteiger partial charge in [0.2, 0.25) is 11.8 Å². The number of anilines is 1.